The lowest BCUT2D eigenvalue weighted by molar-refractivity contribution is 0.507. The summed E-state index contributed by atoms with van der Waals surface area (Å²) >= 11 is 5.64. The van der Waals surface area contributed by atoms with Crippen LogP contribution in [-0.2, 0) is 6.54 Å². The number of hydrogen-bond acceptors (Lipinski definition) is 2. The van der Waals surface area contributed by atoms with Gasteiger partial charge in [-0.05, 0) is 30.2 Å². The van der Waals surface area contributed by atoms with Crippen molar-refractivity contribution in [3.8, 4) is 0 Å². The quantitative estimate of drug-likeness (QED) is 0.913. The van der Waals surface area contributed by atoms with Crippen LogP contribution < -0.4 is 5.32 Å². The zero-order chi connectivity index (χ0) is 10.5. The van der Waals surface area contributed by atoms with Gasteiger partial charge in [0.15, 0.2) is 0 Å². The fourth-order valence-electron chi connectivity index (χ4n) is 1.80. The Morgan fingerprint density at radius 1 is 1.40 bits per heavy atom. The maximum absolute atomic E-state index is 3.63. The normalized spacial score (nSPS) is 21.5. The molecule has 2 rings (SSSR count). The molecule has 0 aliphatic carbocycles. The van der Waals surface area contributed by atoms with Crippen LogP contribution in [-0.4, -0.2) is 17.5 Å². The van der Waals surface area contributed by atoms with E-state index in [1.807, 2.05) is 0 Å². The summed E-state index contributed by atoms with van der Waals surface area (Å²) in [5.41, 5.74) is 1.35. The zero-order valence-electron chi connectivity index (χ0n) is 8.71. The highest BCUT2D eigenvalue weighted by atomic mass is 79.9. The maximum atomic E-state index is 3.63. The van der Waals surface area contributed by atoms with E-state index in [9.17, 15) is 0 Å². The largest absolute Gasteiger partial charge is 0.309 e. The van der Waals surface area contributed by atoms with Crippen LogP contribution in [0.2, 0.25) is 0 Å². The lowest BCUT2D eigenvalue weighted by atomic mass is 10.1. The van der Waals surface area contributed by atoms with Gasteiger partial charge in [-0.3, -0.25) is 0 Å². The van der Waals surface area contributed by atoms with E-state index in [2.05, 4.69) is 57.3 Å². The van der Waals surface area contributed by atoms with Crippen molar-refractivity contribution in [2.24, 2.45) is 0 Å². The van der Waals surface area contributed by atoms with Gasteiger partial charge >= 0.3 is 0 Å². The minimum absolute atomic E-state index is 0.704. The third-order valence-corrected chi connectivity index (χ3v) is 4.69. The molecule has 0 bridgehead atoms. The fourth-order valence-corrected chi connectivity index (χ4v) is 3.33. The van der Waals surface area contributed by atoms with Gasteiger partial charge in [0.1, 0.15) is 0 Å². The Bertz CT molecular complexity index is 310. The highest BCUT2D eigenvalue weighted by Gasteiger charge is 2.12. The smallest absolute Gasteiger partial charge is 0.0220 e. The first-order valence-electron chi connectivity index (χ1n) is 5.41. The number of benzene rings is 1. The Morgan fingerprint density at radius 3 is 3.00 bits per heavy atom. The molecule has 0 radical (unpaired) electrons. The molecule has 0 saturated carbocycles. The van der Waals surface area contributed by atoms with Crippen molar-refractivity contribution >= 4 is 27.7 Å². The molecule has 0 aromatic heterocycles. The highest BCUT2D eigenvalue weighted by Crippen LogP contribution is 2.19. The second-order valence-corrected chi connectivity index (χ2v) is 5.89. The molecule has 1 aromatic carbocycles. The second kappa shape index (κ2) is 5.92. The van der Waals surface area contributed by atoms with Gasteiger partial charge in [0.25, 0.3) is 0 Å². The predicted octanol–water partition coefficient (Wildman–Crippen LogP) is 3.43. The molecule has 1 fully saturated rings. The molecular formula is C12H16BrNS. The Morgan fingerprint density at radius 2 is 2.27 bits per heavy atom. The Labute approximate surface area is 104 Å². The number of rotatable bonds is 3. The molecule has 0 amide bonds. The van der Waals surface area contributed by atoms with Crippen LogP contribution in [0.4, 0.5) is 0 Å². The van der Waals surface area contributed by atoms with Gasteiger partial charge in [0.05, 0.1) is 0 Å². The summed E-state index contributed by atoms with van der Waals surface area (Å²) in [5.74, 6) is 2.61. The van der Waals surface area contributed by atoms with Crippen molar-refractivity contribution in [2.45, 2.75) is 25.4 Å². The average Bonchev–Trinajstić information content (AvgIpc) is 2.29. The standard InChI is InChI=1S/C12H16BrNS/c13-12-6-2-1-4-10(12)8-14-11-5-3-7-15-9-11/h1-2,4,6,11,14H,3,5,7-9H2/t11-/m1/s1. The fraction of sp³-hybridized carbons (Fsp3) is 0.500. The Balaban J connectivity index is 1.84. The first-order chi connectivity index (χ1) is 7.36. The van der Waals surface area contributed by atoms with E-state index in [0.29, 0.717) is 6.04 Å². The third kappa shape index (κ3) is 3.51. The molecule has 1 N–H and O–H groups in total. The van der Waals surface area contributed by atoms with Crippen LogP contribution in [0, 0.1) is 0 Å². The van der Waals surface area contributed by atoms with Gasteiger partial charge in [-0.15, -0.1) is 0 Å². The molecule has 1 saturated heterocycles. The summed E-state index contributed by atoms with van der Waals surface area (Å²) in [4.78, 5) is 0. The lowest BCUT2D eigenvalue weighted by Crippen LogP contribution is -2.33. The number of halogens is 1. The van der Waals surface area contributed by atoms with E-state index >= 15 is 0 Å². The summed E-state index contributed by atoms with van der Waals surface area (Å²) < 4.78 is 1.21. The molecular weight excluding hydrogens is 270 g/mol. The van der Waals surface area contributed by atoms with Crippen LogP contribution in [0.5, 0.6) is 0 Å². The van der Waals surface area contributed by atoms with E-state index in [0.717, 1.165) is 6.54 Å². The van der Waals surface area contributed by atoms with Crippen molar-refractivity contribution in [1.82, 2.24) is 5.32 Å². The Hall–Kier alpha value is 0.01000. The zero-order valence-corrected chi connectivity index (χ0v) is 11.1. The predicted molar refractivity (Wildman–Crippen MR) is 71.3 cm³/mol. The minimum Gasteiger partial charge on any atom is -0.309 e. The van der Waals surface area contributed by atoms with E-state index in [1.165, 1.54) is 34.4 Å². The molecule has 1 aliphatic rings. The summed E-state index contributed by atoms with van der Waals surface area (Å²) in [6, 6.07) is 9.14. The summed E-state index contributed by atoms with van der Waals surface area (Å²) in [5, 5.41) is 3.63. The molecule has 1 aromatic rings. The second-order valence-electron chi connectivity index (χ2n) is 3.89. The topological polar surface area (TPSA) is 12.0 Å². The van der Waals surface area contributed by atoms with Crippen molar-refractivity contribution in [1.29, 1.82) is 0 Å². The summed E-state index contributed by atoms with van der Waals surface area (Å²) in [6.45, 7) is 0.979. The number of hydrogen-bond donors (Lipinski definition) is 1. The average molecular weight is 286 g/mol. The highest BCUT2D eigenvalue weighted by molar-refractivity contribution is 9.10. The van der Waals surface area contributed by atoms with Crippen molar-refractivity contribution in [2.75, 3.05) is 11.5 Å². The van der Waals surface area contributed by atoms with Gasteiger partial charge in [-0.2, -0.15) is 11.8 Å². The molecule has 3 heteroatoms. The van der Waals surface area contributed by atoms with Crippen LogP contribution in [0.15, 0.2) is 28.7 Å². The summed E-state index contributed by atoms with van der Waals surface area (Å²) in [6.07, 6.45) is 2.69. The number of thioether (sulfide) groups is 1. The van der Waals surface area contributed by atoms with E-state index in [4.69, 9.17) is 0 Å². The van der Waals surface area contributed by atoms with Gasteiger partial charge < -0.3 is 5.32 Å². The van der Waals surface area contributed by atoms with E-state index in [1.54, 1.807) is 0 Å². The van der Waals surface area contributed by atoms with Gasteiger partial charge in [-0.1, -0.05) is 34.1 Å². The van der Waals surface area contributed by atoms with Crippen LogP contribution in [0.3, 0.4) is 0 Å². The van der Waals surface area contributed by atoms with Crippen LogP contribution in [0.1, 0.15) is 18.4 Å². The third-order valence-electron chi connectivity index (χ3n) is 2.70. The molecule has 0 unspecified atom stereocenters. The molecule has 0 spiro atoms. The molecule has 1 aliphatic heterocycles. The monoisotopic (exact) mass is 285 g/mol. The van der Waals surface area contributed by atoms with Gasteiger partial charge in [0.2, 0.25) is 0 Å². The number of nitrogens with one attached hydrogen (secondary N) is 1. The van der Waals surface area contributed by atoms with E-state index < -0.39 is 0 Å². The summed E-state index contributed by atoms with van der Waals surface area (Å²) in [7, 11) is 0. The van der Waals surface area contributed by atoms with Crippen LogP contribution in [0.25, 0.3) is 0 Å². The first kappa shape index (κ1) is 11.5. The molecule has 1 nitrogen and oxygen atoms in total. The lowest BCUT2D eigenvalue weighted by Gasteiger charge is -2.22. The SMILES string of the molecule is Brc1ccccc1CN[C@@H]1CCCSC1. The van der Waals surface area contributed by atoms with E-state index in [-0.39, 0.29) is 0 Å². The first-order valence-corrected chi connectivity index (χ1v) is 7.35. The molecule has 1 atom stereocenters. The van der Waals surface area contributed by atoms with Gasteiger partial charge in [-0.25, -0.2) is 0 Å². The van der Waals surface area contributed by atoms with Crippen LogP contribution >= 0.6 is 27.7 Å². The van der Waals surface area contributed by atoms with Crippen molar-refractivity contribution < 1.29 is 0 Å². The van der Waals surface area contributed by atoms with Gasteiger partial charge in [0, 0.05) is 22.8 Å². The Kier molecular flexibility index (Phi) is 4.54. The van der Waals surface area contributed by atoms with Crippen molar-refractivity contribution in [3.05, 3.63) is 34.3 Å². The minimum atomic E-state index is 0.704. The molecule has 15 heavy (non-hydrogen) atoms. The van der Waals surface area contributed by atoms with Crippen molar-refractivity contribution in [3.63, 3.8) is 0 Å². The maximum Gasteiger partial charge on any atom is 0.0220 e. The molecule has 82 valence electrons. The molecule has 1 heterocycles.